The molecule has 1 aliphatic rings. The van der Waals surface area contributed by atoms with Crippen LogP contribution in [0.2, 0.25) is 0 Å². The van der Waals surface area contributed by atoms with E-state index in [0.717, 1.165) is 11.1 Å². The monoisotopic (exact) mass is 290 g/mol. The fourth-order valence-electron chi connectivity index (χ4n) is 2.53. The highest BCUT2D eigenvalue weighted by Crippen LogP contribution is 2.67. The molecule has 1 atom stereocenters. The van der Waals surface area contributed by atoms with Crippen molar-refractivity contribution >= 4 is 15.9 Å². The van der Waals surface area contributed by atoms with E-state index in [2.05, 4.69) is 15.9 Å². The fourth-order valence-corrected chi connectivity index (χ4v) is 3.41. The minimum absolute atomic E-state index is 0.494. The molecule has 2 heteroatoms. The quantitative estimate of drug-likeness (QED) is 0.718. The highest BCUT2D eigenvalue weighted by atomic mass is 79.9. The summed E-state index contributed by atoms with van der Waals surface area (Å²) in [5.74, 6) is 0. The van der Waals surface area contributed by atoms with Gasteiger partial charge in [-0.15, -0.1) is 0 Å². The molecule has 0 heterocycles. The van der Waals surface area contributed by atoms with E-state index in [4.69, 9.17) is 0 Å². The largest absolute Gasteiger partial charge is 0.230 e. The molecular weight excluding hydrogens is 279 g/mol. The van der Waals surface area contributed by atoms with Crippen LogP contribution in [0, 0.1) is 0 Å². The number of rotatable bonds is 2. The third-order valence-electron chi connectivity index (χ3n) is 3.52. The maximum atomic E-state index is 14.4. The Morgan fingerprint density at radius 2 is 1.18 bits per heavy atom. The molecule has 0 amide bonds. The summed E-state index contributed by atoms with van der Waals surface area (Å²) in [6, 6.07) is 19.7. The van der Waals surface area contributed by atoms with Gasteiger partial charge in [-0.2, -0.15) is 0 Å². The van der Waals surface area contributed by atoms with Crippen molar-refractivity contribution in [3.63, 3.8) is 0 Å². The fraction of sp³-hybridized carbons (Fsp3) is 0.200. The van der Waals surface area contributed by atoms with Crippen molar-refractivity contribution in [2.24, 2.45) is 0 Å². The summed E-state index contributed by atoms with van der Waals surface area (Å²) in [6.07, 6.45) is 0.494. The zero-order valence-electron chi connectivity index (χ0n) is 9.24. The molecule has 0 bridgehead atoms. The molecule has 0 radical (unpaired) electrons. The van der Waals surface area contributed by atoms with Crippen LogP contribution in [0.5, 0.6) is 0 Å². The van der Waals surface area contributed by atoms with Crippen molar-refractivity contribution in [2.75, 3.05) is 0 Å². The van der Waals surface area contributed by atoms with Crippen molar-refractivity contribution in [3.8, 4) is 0 Å². The van der Waals surface area contributed by atoms with Crippen LogP contribution in [0.3, 0.4) is 0 Å². The first-order chi connectivity index (χ1) is 8.17. The highest BCUT2D eigenvalue weighted by Gasteiger charge is 2.69. The van der Waals surface area contributed by atoms with E-state index in [9.17, 15) is 4.39 Å². The van der Waals surface area contributed by atoms with Gasteiger partial charge in [-0.3, -0.25) is 0 Å². The smallest absolute Gasteiger partial charge is 0.180 e. The SMILES string of the molecule is FC1(Br)CC1(c1ccccc1)c1ccccc1. The molecule has 1 aliphatic carbocycles. The normalized spacial score (nSPS) is 25.5. The van der Waals surface area contributed by atoms with Gasteiger partial charge in [0.15, 0.2) is 4.58 Å². The summed E-state index contributed by atoms with van der Waals surface area (Å²) in [7, 11) is 0. The Balaban J connectivity index is 2.15. The molecular formula is C15H12BrF. The molecule has 1 fully saturated rings. The van der Waals surface area contributed by atoms with Gasteiger partial charge >= 0.3 is 0 Å². The second-order valence-electron chi connectivity index (χ2n) is 4.52. The van der Waals surface area contributed by atoms with Gasteiger partial charge in [0.25, 0.3) is 0 Å². The van der Waals surface area contributed by atoms with Gasteiger partial charge in [-0.1, -0.05) is 60.7 Å². The summed E-state index contributed by atoms with van der Waals surface area (Å²) >= 11 is 3.22. The molecule has 1 saturated carbocycles. The maximum Gasteiger partial charge on any atom is 0.180 e. The third-order valence-corrected chi connectivity index (χ3v) is 4.48. The van der Waals surface area contributed by atoms with E-state index in [1.165, 1.54) is 0 Å². The molecule has 0 aliphatic heterocycles. The van der Waals surface area contributed by atoms with E-state index < -0.39 is 9.99 Å². The first kappa shape index (κ1) is 11.0. The van der Waals surface area contributed by atoms with Crippen LogP contribution in [0.25, 0.3) is 0 Å². The van der Waals surface area contributed by atoms with E-state index in [1.54, 1.807) is 0 Å². The predicted octanol–water partition coefficient (Wildman–Crippen LogP) is 4.44. The number of hydrogen-bond donors (Lipinski definition) is 0. The average Bonchev–Trinajstić information content (AvgIpc) is 2.96. The standard InChI is InChI=1S/C15H12BrF/c16-15(17)11-14(15,12-7-3-1-4-8-12)13-9-5-2-6-10-13/h1-10H,11H2. The lowest BCUT2D eigenvalue weighted by Gasteiger charge is -2.18. The molecule has 3 rings (SSSR count). The summed E-state index contributed by atoms with van der Waals surface area (Å²) in [5, 5.41) is 0. The second-order valence-corrected chi connectivity index (χ2v) is 5.78. The van der Waals surface area contributed by atoms with Crippen molar-refractivity contribution in [1.29, 1.82) is 0 Å². The topological polar surface area (TPSA) is 0 Å². The van der Waals surface area contributed by atoms with E-state index in [0.29, 0.717) is 6.42 Å². The molecule has 0 aromatic heterocycles. The van der Waals surface area contributed by atoms with Crippen LogP contribution in [0.1, 0.15) is 17.5 Å². The summed E-state index contributed by atoms with van der Waals surface area (Å²) in [6.45, 7) is 0. The van der Waals surface area contributed by atoms with Gasteiger partial charge in [-0.25, -0.2) is 4.39 Å². The minimum Gasteiger partial charge on any atom is -0.230 e. The van der Waals surface area contributed by atoms with Crippen LogP contribution in [0.15, 0.2) is 60.7 Å². The molecule has 0 N–H and O–H groups in total. The van der Waals surface area contributed by atoms with Gasteiger partial charge in [-0.05, 0) is 27.1 Å². The van der Waals surface area contributed by atoms with Gasteiger partial charge < -0.3 is 0 Å². The van der Waals surface area contributed by atoms with Crippen LogP contribution in [-0.2, 0) is 5.41 Å². The van der Waals surface area contributed by atoms with E-state index >= 15 is 0 Å². The van der Waals surface area contributed by atoms with Crippen LogP contribution in [0.4, 0.5) is 4.39 Å². The third kappa shape index (κ3) is 1.54. The molecule has 2 aromatic carbocycles. The Hall–Kier alpha value is -1.15. The second kappa shape index (κ2) is 3.67. The highest BCUT2D eigenvalue weighted by molar-refractivity contribution is 9.10. The van der Waals surface area contributed by atoms with Gasteiger partial charge in [0.2, 0.25) is 0 Å². The Kier molecular flexibility index (Phi) is 2.37. The zero-order chi connectivity index (χ0) is 11.9. The number of halogens is 2. The van der Waals surface area contributed by atoms with Crippen molar-refractivity contribution < 1.29 is 4.39 Å². The molecule has 0 saturated heterocycles. The summed E-state index contributed by atoms with van der Waals surface area (Å²) in [4.78, 5) is 0. The Labute approximate surface area is 109 Å². The maximum absolute atomic E-state index is 14.4. The van der Waals surface area contributed by atoms with E-state index in [-0.39, 0.29) is 0 Å². The number of benzene rings is 2. The first-order valence-electron chi connectivity index (χ1n) is 5.66. The van der Waals surface area contributed by atoms with Crippen LogP contribution >= 0.6 is 15.9 Å². The molecule has 0 nitrogen and oxygen atoms in total. The van der Waals surface area contributed by atoms with Gasteiger partial charge in [0.1, 0.15) is 0 Å². The Morgan fingerprint density at radius 3 is 1.47 bits per heavy atom. The zero-order valence-corrected chi connectivity index (χ0v) is 10.8. The van der Waals surface area contributed by atoms with Gasteiger partial charge in [0, 0.05) is 6.42 Å². The van der Waals surface area contributed by atoms with Crippen molar-refractivity contribution in [1.82, 2.24) is 0 Å². The Morgan fingerprint density at radius 1 is 0.824 bits per heavy atom. The predicted molar refractivity (Wildman–Crippen MR) is 71.0 cm³/mol. The summed E-state index contributed by atoms with van der Waals surface area (Å²) < 4.78 is 13.1. The molecule has 2 aromatic rings. The van der Waals surface area contributed by atoms with E-state index in [1.807, 2.05) is 60.7 Å². The minimum atomic E-state index is -1.32. The first-order valence-corrected chi connectivity index (χ1v) is 6.45. The number of alkyl halides is 2. The van der Waals surface area contributed by atoms with Crippen molar-refractivity contribution in [3.05, 3.63) is 71.8 Å². The van der Waals surface area contributed by atoms with Crippen molar-refractivity contribution in [2.45, 2.75) is 16.4 Å². The molecule has 1 unspecified atom stereocenters. The molecule has 0 spiro atoms. The Bertz CT molecular complexity index is 480. The lowest BCUT2D eigenvalue weighted by atomic mass is 9.88. The van der Waals surface area contributed by atoms with Crippen LogP contribution in [-0.4, -0.2) is 4.58 Å². The van der Waals surface area contributed by atoms with Crippen LogP contribution < -0.4 is 0 Å². The summed E-state index contributed by atoms with van der Waals surface area (Å²) in [5.41, 5.74) is 1.55. The lowest BCUT2D eigenvalue weighted by Crippen LogP contribution is -2.16. The van der Waals surface area contributed by atoms with Gasteiger partial charge in [0.05, 0.1) is 5.41 Å². The molecule has 86 valence electrons. The number of hydrogen-bond acceptors (Lipinski definition) is 0. The lowest BCUT2D eigenvalue weighted by molar-refractivity contribution is 0.410. The molecule has 17 heavy (non-hydrogen) atoms. The average molecular weight is 291 g/mol.